The Balaban J connectivity index is 1.90. The van der Waals surface area contributed by atoms with Crippen LogP contribution in [-0.4, -0.2) is 24.6 Å². The smallest absolute Gasteiger partial charge is 0.367 e. The van der Waals surface area contributed by atoms with E-state index in [1.54, 1.807) is 24.3 Å². The van der Waals surface area contributed by atoms with E-state index < -0.39 is 12.8 Å². The van der Waals surface area contributed by atoms with Crippen molar-refractivity contribution in [2.24, 2.45) is 0 Å². The van der Waals surface area contributed by atoms with Crippen LogP contribution in [0.1, 0.15) is 22.8 Å². The Morgan fingerprint density at radius 2 is 1.46 bits per heavy atom. The van der Waals surface area contributed by atoms with Crippen molar-refractivity contribution in [3.63, 3.8) is 0 Å². The summed E-state index contributed by atoms with van der Waals surface area (Å²) in [7, 11) is 0. The zero-order valence-corrected chi connectivity index (χ0v) is 13.9. The third-order valence-electron chi connectivity index (χ3n) is 3.21. The van der Waals surface area contributed by atoms with Crippen molar-refractivity contribution in [2.45, 2.75) is 19.7 Å². The summed E-state index contributed by atoms with van der Waals surface area (Å²) in [6.07, 6.45) is -4.37. The minimum absolute atomic E-state index is 0.188. The van der Waals surface area contributed by atoms with E-state index in [0.29, 0.717) is 22.5 Å². The van der Waals surface area contributed by atoms with Crippen molar-refractivity contribution < 1.29 is 27.5 Å². The van der Waals surface area contributed by atoms with E-state index in [2.05, 4.69) is 15.4 Å². The zero-order valence-electron chi connectivity index (χ0n) is 13.9. The van der Waals surface area contributed by atoms with Gasteiger partial charge in [0.05, 0.1) is 6.61 Å². The summed E-state index contributed by atoms with van der Waals surface area (Å²) < 4.78 is 40.6. The van der Waals surface area contributed by atoms with Gasteiger partial charge in [0.25, 0.3) is 5.91 Å². The third-order valence-corrected chi connectivity index (χ3v) is 3.21. The van der Waals surface area contributed by atoms with Crippen LogP contribution in [0.2, 0.25) is 0 Å². The molecule has 0 aliphatic heterocycles. The highest BCUT2D eigenvalue weighted by Gasteiger charge is 2.27. The number of amides is 2. The van der Waals surface area contributed by atoms with Gasteiger partial charge in [-0.05, 0) is 42.0 Å². The quantitative estimate of drug-likeness (QED) is 0.813. The van der Waals surface area contributed by atoms with Gasteiger partial charge in [-0.2, -0.15) is 13.2 Å². The number of rotatable bonds is 6. The maximum atomic E-state index is 12.2. The molecule has 0 atom stereocenters. The Kier molecular flexibility index (Phi) is 6.35. The number of halogens is 3. The highest BCUT2D eigenvalue weighted by atomic mass is 19.4. The average molecular weight is 366 g/mol. The van der Waals surface area contributed by atoms with Crippen LogP contribution in [0.25, 0.3) is 0 Å². The van der Waals surface area contributed by atoms with Crippen molar-refractivity contribution in [1.82, 2.24) is 0 Å². The van der Waals surface area contributed by atoms with Crippen LogP contribution in [0, 0.1) is 0 Å². The topological polar surface area (TPSA) is 67.4 Å². The summed E-state index contributed by atoms with van der Waals surface area (Å²) in [6.45, 7) is -0.108. The van der Waals surface area contributed by atoms with Crippen molar-refractivity contribution in [3.8, 4) is 0 Å². The molecular formula is C18H17F3N2O3. The molecule has 0 unspecified atom stereocenters. The van der Waals surface area contributed by atoms with E-state index in [-0.39, 0.29) is 18.4 Å². The molecule has 0 radical (unpaired) electrons. The average Bonchev–Trinajstić information content (AvgIpc) is 2.55. The summed E-state index contributed by atoms with van der Waals surface area (Å²) in [5.41, 5.74) is 2.04. The molecule has 8 heteroatoms. The maximum Gasteiger partial charge on any atom is 0.411 e. The molecule has 0 aromatic heterocycles. The number of carbonyl (C=O) groups excluding carboxylic acids is 2. The minimum atomic E-state index is -4.37. The Hall–Kier alpha value is -2.87. The molecule has 0 aliphatic rings. The van der Waals surface area contributed by atoms with E-state index in [0.717, 1.165) is 0 Å². The molecule has 0 fully saturated rings. The third kappa shape index (κ3) is 6.56. The molecule has 0 spiro atoms. The molecule has 2 aromatic carbocycles. The monoisotopic (exact) mass is 366 g/mol. The largest absolute Gasteiger partial charge is 0.411 e. The number of hydrogen-bond donors (Lipinski definition) is 2. The van der Waals surface area contributed by atoms with Gasteiger partial charge in [-0.3, -0.25) is 9.59 Å². The van der Waals surface area contributed by atoms with E-state index in [4.69, 9.17) is 0 Å². The fourth-order valence-corrected chi connectivity index (χ4v) is 2.08. The van der Waals surface area contributed by atoms with Gasteiger partial charge in [0, 0.05) is 23.9 Å². The second-order valence-electron chi connectivity index (χ2n) is 5.52. The number of carbonyl (C=O) groups is 2. The Bertz CT molecular complexity index is 757. The van der Waals surface area contributed by atoms with Crippen molar-refractivity contribution in [2.75, 3.05) is 17.2 Å². The number of hydrogen-bond acceptors (Lipinski definition) is 3. The lowest BCUT2D eigenvalue weighted by Gasteiger charge is -2.09. The normalized spacial score (nSPS) is 11.1. The zero-order chi connectivity index (χ0) is 19.2. The minimum Gasteiger partial charge on any atom is -0.367 e. The lowest BCUT2D eigenvalue weighted by Crippen LogP contribution is -2.16. The molecule has 26 heavy (non-hydrogen) atoms. The fourth-order valence-electron chi connectivity index (χ4n) is 2.08. The van der Waals surface area contributed by atoms with Gasteiger partial charge in [-0.15, -0.1) is 0 Å². The van der Waals surface area contributed by atoms with Gasteiger partial charge in [0.15, 0.2) is 0 Å². The standard InChI is InChI=1S/C18H17F3N2O3/c1-12(24)22-15-6-8-16(9-7-15)23-17(25)14-4-2-13(3-5-14)10-26-11-18(19,20)21/h2-9H,10-11H2,1H3,(H,22,24)(H,23,25). The highest BCUT2D eigenvalue weighted by Crippen LogP contribution is 2.17. The van der Waals surface area contributed by atoms with Crippen LogP contribution >= 0.6 is 0 Å². The number of benzene rings is 2. The molecule has 0 saturated heterocycles. The number of ether oxygens (including phenoxy) is 1. The van der Waals surface area contributed by atoms with Crippen LogP contribution in [0.15, 0.2) is 48.5 Å². The van der Waals surface area contributed by atoms with Gasteiger partial charge in [-0.1, -0.05) is 12.1 Å². The molecule has 2 aromatic rings. The van der Waals surface area contributed by atoms with E-state index >= 15 is 0 Å². The molecule has 0 saturated carbocycles. The van der Waals surface area contributed by atoms with Crippen molar-refractivity contribution >= 4 is 23.2 Å². The maximum absolute atomic E-state index is 12.2. The van der Waals surface area contributed by atoms with E-state index in [1.807, 2.05) is 0 Å². The molecule has 0 aliphatic carbocycles. The number of nitrogens with one attached hydrogen (secondary N) is 2. The lowest BCUT2D eigenvalue weighted by molar-refractivity contribution is -0.176. The summed E-state index contributed by atoms with van der Waals surface area (Å²) in [5.74, 6) is -0.555. The Morgan fingerprint density at radius 1 is 0.923 bits per heavy atom. The van der Waals surface area contributed by atoms with Crippen LogP contribution in [0.5, 0.6) is 0 Å². The molecular weight excluding hydrogens is 349 g/mol. The predicted octanol–water partition coefficient (Wildman–Crippen LogP) is 3.98. The Labute approximate surface area is 148 Å². The Morgan fingerprint density at radius 3 is 1.96 bits per heavy atom. The molecule has 0 bridgehead atoms. The van der Waals surface area contributed by atoms with Crippen LogP contribution < -0.4 is 10.6 Å². The van der Waals surface area contributed by atoms with Gasteiger partial charge in [0.1, 0.15) is 6.61 Å². The van der Waals surface area contributed by atoms with Crippen LogP contribution in [0.4, 0.5) is 24.5 Å². The first-order valence-corrected chi connectivity index (χ1v) is 7.65. The first-order chi connectivity index (χ1) is 12.2. The summed E-state index contributed by atoms with van der Waals surface area (Å²) in [5, 5.41) is 5.30. The fraction of sp³-hybridized carbons (Fsp3) is 0.222. The summed E-state index contributed by atoms with van der Waals surface area (Å²) in [4.78, 5) is 23.1. The highest BCUT2D eigenvalue weighted by molar-refractivity contribution is 6.04. The van der Waals surface area contributed by atoms with Crippen molar-refractivity contribution in [1.29, 1.82) is 0 Å². The van der Waals surface area contributed by atoms with E-state index in [9.17, 15) is 22.8 Å². The summed E-state index contributed by atoms with van der Waals surface area (Å²) in [6, 6.07) is 12.7. The molecule has 2 rings (SSSR count). The first-order valence-electron chi connectivity index (χ1n) is 7.65. The van der Waals surface area contributed by atoms with Crippen molar-refractivity contribution in [3.05, 3.63) is 59.7 Å². The van der Waals surface area contributed by atoms with E-state index in [1.165, 1.54) is 31.2 Å². The molecule has 2 N–H and O–H groups in total. The molecule has 138 valence electrons. The van der Waals surface area contributed by atoms with Gasteiger partial charge >= 0.3 is 6.18 Å². The number of alkyl halides is 3. The van der Waals surface area contributed by atoms with Crippen LogP contribution in [0.3, 0.4) is 0 Å². The van der Waals surface area contributed by atoms with Gasteiger partial charge in [-0.25, -0.2) is 0 Å². The second-order valence-corrected chi connectivity index (χ2v) is 5.52. The molecule has 0 heterocycles. The lowest BCUT2D eigenvalue weighted by atomic mass is 10.1. The van der Waals surface area contributed by atoms with Gasteiger partial charge in [0.2, 0.25) is 5.91 Å². The summed E-state index contributed by atoms with van der Waals surface area (Å²) >= 11 is 0. The molecule has 5 nitrogen and oxygen atoms in total. The number of anilines is 2. The first kappa shape index (κ1) is 19.5. The molecule has 2 amide bonds. The second kappa shape index (κ2) is 8.48. The van der Waals surface area contributed by atoms with Gasteiger partial charge < -0.3 is 15.4 Å². The van der Waals surface area contributed by atoms with Crippen LogP contribution in [-0.2, 0) is 16.1 Å². The predicted molar refractivity (Wildman–Crippen MR) is 90.9 cm³/mol. The SMILES string of the molecule is CC(=O)Nc1ccc(NC(=O)c2ccc(COCC(F)(F)F)cc2)cc1.